The van der Waals surface area contributed by atoms with Crippen molar-refractivity contribution in [1.29, 1.82) is 0 Å². The van der Waals surface area contributed by atoms with Crippen LogP contribution in [0.3, 0.4) is 0 Å². The minimum atomic E-state index is -0.760. The van der Waals surface area contributed by atoms with Crippen LogP contribution in [0.5, 0.6) is 0 Å². The Kier molecular flexibility index (Phi) is 7.41. The maximum atomic E-state index is 11.4. The molecule has 0 bridgehead atoms. The Morgan fingerprint density at radius 3 is 2.22 bits per heavy atom. The van der Waals surface area contributed by atoms with Crippen molar-refractivity contribution in [3.8, 4) is 10.6 Å². The Bertz CT molecular complexity index is 1130. The monoisotopic (exact) mass is 511 g/mol. The highest BCUT2D eigenvalue weighted by Gasteiger charge is 2.39. The molecule has 0 aliphatic heterocycles. The molecule has 0 amide bonds. The molecule has 3 aromatic heterocycles. The van der Waals surface area contributed by atoms with Gasteiger partial charge in [-0.05, 0) is 113 Å². The standard InChI is InChI=1S/C28H41N5O2S/c1-27(34,19-5-9-21(29)10-6-19)15-16-28(2,35)20-7-11-22(12-8-20)31-25-13-14-26-30-18-23(33(26)32-25)24-4-3-17-36-24/h3-4,13-14,17-22,34-35H,5-12,15-16,29H2,1-2H3,(H,31,32). The van der Waals surface area contributed by atoms with Crippen molar-refractivity contribution in [3.63, 3.8) is 0 Å². The van der Waals surface area contributed by atoms with Gasteiger partial charge >= 0.3 is 0 Å². The third-order valence-corrected chi connectivity index (χ3v) is 9.78. The molecule has 0 aromatic carbocycles. The highest BCUT2D eigenvalue weighted by molar-refractivity contribution is 7.13. The van der Waals surface area contributed by atoms with Crippen LogP contribution in [0.15, 0.2) is 35.8 Å². The van der Waals surface area contributed by atoms with E-state index in [0.717, 1.165) is 73.4 Å². The van der Waals surface area contributed by atoms with Gasteiger partial charge in [0.1, 0.15) is 11.5 Å². The van der Waals surface area contributed by atoms with Crippen molar-refractivity contribution in [2.75, 3.05) is 5.32 Å². The predicted molar refractivity (Wildman–Crippen MR) is 146 cm³/mol. The van der Waals surface area contributed by atoms with Gasteiger partial charge in [0.15, 0.2) is 5.65 Å². The Balaban J connectivity index is 1.15. The minimum Gasteiger partial charge on any atom is -0.390 e. The largest absolute Gasteiger partial charge is 0.390 e. The fraction of sp³-hybridized carbons (Fsp3) is 0.643. The summed E-state index contributed by atoms with van der Waals surface area (Å²) < 4.78 is 1.91. The zero-order valence-corrected chi connectivity index (χ0v) is 22.4. The zero-order valence-electron chi connectivity index (χ0n) is 21.6. The minimum absolute atomic E-state index is 0.251. The molecule has 0 radical (unpaired) electrons. The van der Waals surface area contributed by atoms with Gasteiger partial charge in [-0.15, -0.1) is 16.4 Å². The average Bonchev–Trinajstić information content (AvgIpc) is 3.53. The van der Waals surface area contributed by atoms with Gasteiger partial charge in [-0.3, -0.25) is 0 Å². The first-order valence-electron chi connectivity index (χ1n) is 13.6. The van der Waals surface area contributed by atoms with Crippen molar-refractivity contribution >= 4 is 22.8 Å². The van der Waals surface area contributed by atoms with Crippen LogP contribution < -0.4 is 11.1 Å². The quantitative estimate of drug-likeness (QED) is 0.330. The molecule has 2 saturated carbocycles. The lowest BCUT2D eigenvalue weighted by Crippen LogP contribution is -2.44. The number of aromatic nitrogens is 3. The second kappa shape index (κ2) is 10.4. The SMILES string of the molecule is CC(O)(CCC(C)(O)C1CCC(Nc2ccc3ncc(-c4cccs4)n3n2)CC1)C1CCC(N)CC1. The molecule has 3 aromatic rings. The predicted octanol–water partition coefficient (Wildman–Crippen LogP) is 5.23. The zero-order chi connectivity index (χ0) is 25.3. The number of aliphatic hydroxyl groups is 2. The fourth-order valence-corrected chi connectivity index (χ4v) is 6.99. The van der Waals surface area contributed by atoms with E-state index < -0.39 is 11.2 Å². The van der Waals surface area contributed by atoms with Crippen LogP contribution in [0.2, 0.25) is 0 Å². The van der Waals surface area contributed by atoms with Gasteiger partial charge in [-0.1, -0.05) is 6.07 Å². The van der Waals surface area contributed by atoms with Gasteiger partial charge in [0, 0.05) is 12.1 Å². The first-order chi connectivity index (χ1) is 17.2. The molecule has 36 heavy (non-hydrogen) atoms. The molecule has 8 heteroatoms. The van der Waals surface area contributed by atoms with Crippen LogP contribution in [0.4, 0.5) is 5.82 Å². The van der Waals surface area contributed by atoms with Crippen molar-refractivity contribution in [2.45, 2.75) is 101 Å². The van der Waals surface area contributed by atoms with Crippen LogP contribution in [0.25, 0.3) is 16.2 Å². The number of thiophene rings is 1. The van der Waals surface area contributed by atoms with Crippen LogP contribution in [0, 0.1) is 11.8 Å². The summed E-state index contributed by atoms with van der Waals surface area (Å²) in [4.78, 5) is 5.65. The summed E-state index contributed by atoms with van der Waals surface area (Å²) >= 11 is 1.69. The summed E-state index contributed by atoms with van der Waals surface area (Å²) in [7, 11) is 0. The molecule has 3 heterocycles. The van der Waals surface area contributed by atoms with E-state index in [1.165, 1.54) is 0 Å². The third kappa shape index (κ3) is 5.62. The number of nitrogens with two attached hydrogens (primary N) is 1. The highest BCUT2D eigenvalue weighted by Crippen LogP contribution is 2.40. The smallest absolute Gasteiger partial charge is 0.154 e. The van der Waals surface area contributed by atoms with E-state index in [9.17, 15) is 10.2 Å². The van der Waals surface area contributed by atoms with Crippen LogP contribution >= 0.6 is 11.3 Å². The molecule has 5 N–H and O–H groups in total. The molecule has 196 valence electrons. The number of hydrogen-bond donors (Lipinski definition) is 4. The maximum Gasteiger partial charge on any atom is 0.154 e. The summed E-state index contributed by atoms with van der Waals surface area (Å²) in [5.74, 6) is 1.39. The Morgan fingerprint density at radius 1 is 0.972 bits per heavy atom. The summed E-state index contributed by atoms with van der Waals surface area (Å²) in [6.45, 7) is 3.93. The van der Waals surface area contributed by atoms with Gasteiger partial charge in [-0.25, -0.2) is 9.50 Å². The number of anilines is 1. The van der Waals surface area contributed by atoms with Gasteiger partial charge in [0.2, 0.25) is 0 Å². The topological polar surface area (TPSA) is 109 Å². The lowest BCUT2D eigenvalue weighted by molar-refractivity contribution is -0.0711. The van der Waals surface area contributed by atoms with E-state index in [-0.39, 0.29) is 17.9 Å². The number of imidazole rings is 1. The van der Waals surface area contributed by atoms with Crippen LogP contribution in [-0.4, -0.2) is 48.1 Å². The van der Waals surface area contributed by atoms with E-state index in [4.69, 9.17) is 10.8 Å². The van der Waals surface area contributed by atoms with E-state index in [2.05, 4.69) is 21.7 Å². The number of nitrogens with one attached hydrogen (secondary N) is 1. The summed E-state index contributed by atoms with van der Waals surface area (Å²) in [5.41, 5.74) is 6.41. The van der Waals surface area contributed by atoms with Gasteiger partial charge in [0.05, 0.1) is 22.3 Å². The first kappa shape index (κ1) is 25.6. The molecule has 2 fully saturated rings. The molecule has 7 nitrogen and oxygen atoms in total. The maximum absolute atomic E-state index is 11.4. The molecule has 2 unspecified atom stereocenters. The fourth-order valence-electron chi connectivity index (χ4n) is 6.27. The summed E-state index contributed by atoms with van der Waals surface area (Å²) in [5, 5.41) is 33.0. The molecule has 0 saturated heterocycles. The van der Waals surface area contributed by atoms with Crippen molar-refractivity contribution in [1.82, 2.24) is 14.6 Å². The normalized spacial score (nSPS) is 28.5. The molecular formula is C28H41N5O2S. The van der Waals surface area contributed by atoms with Gasteiger partial charge < -0.3 is 21.3 Å². The van der Waals surface area contributed by atoms with E-state index in [1.807, 2.05) is 42.8 Å². The van der Waals surface area contributed by atoms with Crippen molar-refractivity contribution < 1.29 is 10.2 Å². The molecular weight excluding hydrogens is 470 g/mol. The number of nitrogens with zero attached hydrogens (tertiary/aromatic N) is 3. The molecule has 2 atom stereocenters. The van der Waals surface area contributed by atoms with Crippen molar-refractivity contribution in [3.05, 3.63) is 35.8 Å². The Morgan fingerprint density at radius 2 is 1.61 bits per heavy atom. The Hall–Kier alpha value is -2.00. The second-order valence-corrected chi connectivity index (χ2v) is 12.6. The lowest BCUT2D eigenvalue weighted by Gasteiger charge is -2.42. The van der Waals surface area contributed by atoms with E-state index in [0.29, 0.717) is 18.9 Å². The number of rotatable bonds is 8. The molecule has 2 aliphatic carbocycles. The summed E-state index contributed by atoms with van der Waals surface area (Å²) in [6.07, 6.45) is 11.1. The van der Waals surface area contributed by atoms with Gasteiger partial charge in [0.25, 0.3) is 0 Å². The second-order valence-electron chi connectivity index (χ2n) is 11.6. The van der Waals surface area contributed by atoms with Crippen molar-refractivity contribution in [2.24, 2.45) is 17.6 Å². The van der Waals surface area contributed by atoms with Crippen LogP contribution in [-0.2, 0) is 0 Å². The van der Waals surface area contributed by atoms with Gasteiger partial charge in [-0.2, -0.15) is 0 Å². The molecule has 5 rings (SSSR count). The third-order valence-electron chi connectivity index (χ3n) is 8.88. The van der Waals surface area contributed by atoms with E-state index >= 15 is 0 Å². The summed E-state index contributed by atoms with van der Waals surface area (Å²) in [6, 6.07) is 8.77. The number of fused-ring (bicyclic) bond motifs is 1. The highest BCUT2D eigenvalue weighted by atomic mass is 32.1. The van der Waals surface area contributed by atoms with E-state index in [1.54, 1.807) is 11.3 Å². The number of hydrogen-bond acceptors (Lipinski definition) is 7. The first-order valence-corrected chi connectivity index (χ1v) is 14.4. The Labute approximate surface area is 218 Å². The average molecular weight is 512 g/mol. The molecule has 0 spiro atoms. The van der Waals surface area contributed by atoms with Crippen LogP contribution in [0.1, 0.15) is 78.1 Å². The molecule has 2 aliphatic rings. The lowest BCUT2D eigenvalue weighted by atomic mass is 9.70.